The number of ether oxygens (including phenoxy) is 1. The molecule has 0 radical (unpaired) electrons. The number of carbonyl (C=O) groups excluding carboxylic acids is 2. The molecular formula is C17H16F3NO3. The van der Waals surface area contributed by atoms with Gasteiger partial charge in [0.1, 0.15) is 0 Å². The fourth-order valence-corrected chi connectivity index (χ4v) is 2.46. The Morgan fingerprint density at radius 1 is 1.12 bits per heavy atom. The van der Waals surface area contributed by atoms with Crippen LogP contribution in [-0.2, 0) is 20.7 Å². The minimum Gasteiger partial charge on any atom is -0.469 e. The zero-order valence-electron chi connectivity index (χ0n) is 12.9. The van der Waals surface area contributed by atoms with E-state index in [0.29, 0.717) is 0 Å². The van der Waals surface area contributed by atoms with Crippen LogP contribution in [0.15, 0.2) is 42.5 Å². The average Bonchev–Trinajstić information content (AvgIpc) is 2.54. The number of benzene rings is 2. The van der Waals surface area contributed by atoms with Crippen LogP contribution in [0.25, 0.3) is 10.8 Å². The van der Waals surface area contributed by atoms with Gasteiger partial charge in [-0.15, -0.1) is 0 Å². The van der Waals surface area contributed by atoms with Gasteiger partial charge in [-0.1, -0.05) is 42.5 Å². The van der Waals surface area contributed by atoms with Crippen molar-refractivity contribution in [3.8, 4) is 0 Å². The molecule has 0 unspecified atom stereocenters. The van der Waals surface area contributed by atoms with Gasteiger partial charge in [0.25, 0.3) is 0 Å². The van der Waals surface area contributed by atoms with E-state index in [4.69, 9.17) is 0 Å². The second-order valence-corrected chi connectivity index (χ2v) is 5.29. The van der Waals surface area contributed by atoms with Crippen molar-refractivity contribution in [2.75, 3.05) is 7.11 Å². The third kappa shape index (κ3) is 4.47. The maximum atomic E-state index is 12.5. The van der Waals surface area contributed by atoms with E-state index in [-0.39, 0.29) is 12.8 Å². The van der Waals surface area contributed by atoms with Gasteiger partial charge in [-0.05, 0) is 22.8 Å². The maximum Gasteiger partial charge on any atom is 0.471 e. The van der Waals surface area contributed by atoms with Crippen LogP contribution in [0.4, 0.5) is 13.2 Å². The zero-order valence-corrected chi connectivity index (χ0v) is 12.9. The molecule has 4 nitrogen and oxygen atoms in total. The Bertz CT molecular complexity index is 738. The first-order valence-corrected chi connectivity index (χ1v) is 7.22. The molecule has 0 aliphatic heterocycles. The van der Waals surface area contributed by atoms with Crippen molar-refractivity contribution in [1.29, 1.82) is 0 Å². The molecule has 1 amide bonds. The highest BCUT2D eigenvalue weighted by Crippen LogP contribution is 2.21. The lowest BCUT2D eigenvalue weighted by Gasteiger charge is -2.19. The average molecular weight is 339 g/mol. The molecular weight excluding hydrogens is 323 g/mol. The SMILES string of the molecule is COC(=O)C[C@H](Cc1cccc2ccccc12)NC(=O)C(F)(F)F. The van der Waals surface area contributed by atoms with Gasteiger partial charge in [0.2, 0.25) is 0 Å². The number of fused-ring (bicyclic) bond motifs is 1. The van der Waals surface area contributed by atoms with E-state index in [1.807, 2.05) is 35.6 Å². The number of halogens is 3. The highest BCUT2D eigenvalue weighted by Gasteiger charge is 2.40. The van der Waals surface area contributed by atoms with Gasteiger partial charge in [-0.3, -0.25) is 9.59 Å². The first kappa shape index (κ1) is 17.8. The summed E-state index contributed by atoms with van der Waals surface area (Å²) in [4.78, 5) is 22.7. The van der Waals surface area contributed by atoms with E-state index in [9.17, 15) is 22.8 Å². The Kier molecular flexibility index (Phi) is 5.43. The van der Waals surface area contributed by atoms with E-state index >= 15 is 0 Å². The summed E-state index contributed by atoms with van der Waals surface area (Å²) < 4.78 is 42.0. The molecule has 0 aliphatic rings. The standard InChI is InChI=1S/C17H16F3NO3/c1-24-15(22)10-13(21-16(23)17(18,19)20)9-12-7-4-6-11-5-2-3-8-14(11)12/h2-8,13H,9-10H2,1H3,(H,21,23)/t13-/m0/s1. The van der Waals surface area contributed by atoms with Gasteiger partial charge in [-0.25, -0.2) is 0 Å². The minimum atomic E-state index is -5.01. The predicted molar refractivity (Wildman–Crippen MR) is 82.3 cm³/mol. The fourth-order valence-electron chi connectivity index (χ4n) is 2.46. The third-order valence-electron chi connectivity index (χ3n) is 3.58. The van der Waals surface area contributed by atoms with Gasteiger partial charge in [0.15, 0.2) is 0 Å². The van der Waals surface area contributed by atoms with Crippen molar-refractivity contribution in [2.24, 2.45) is 0 Å². The van der Waals surface area contributed by atoms with Gasteiger partial charge >= 0.3 is 18.1 Å². The molecule has 0 bridgehead atoms. The number of hydrogen-bond acceptors (Lipinski definition) is 3. The Morgan fingerprint density at radius 2 is 1.79 bits per heavy atom. The summed E-state index contributed by atoms with van der Waals surface area (Å²) in [7, 11) is 1.14. The number of carbonyl (C=O) groups is 2. The van der Waals surface area contributed by atoms with Crippen molar-refractivity contribution in [2.45, 2.75) is 25.1 Å². The second kappa shape index (κ2) is 7.33. The van der Waals surface area contributed by atoms with Crippen LogP contribution < -0.4 is 5.32 Å². The smallest absolute Gasteiger partial charge is 0.469 e. The Morgan fingerprint density at radius 3 is 2.46 bits per heavy atom. The lowest BCUT2D eigenvalue weighted by Crippen LogP contribution is -2.45. The van der Waals surface area contributed by atoms with Crippen molar-refractivity contribution in [1.82, 2.24) is 5.32 Å². The molecule has 7 heteroatoms. The molecule has 0 aliphatic carbocycles. The number of alkyl halides is 3. The number of nitrogens with one attached hydrogen (secondary N) is 1. The molecule has 0 heterocycles. The van der Waals surface area contributed by atoms with Crippen LogP contribution in [0.3, 0.4) is 0 Å². The molecule has 128 valence electrons. The van der Waals surface area contributed by atoms with Crippen LogP contribution in [0.5, 0.6) is 0 Å². The minimum absolute atomic E-state index is 0.0816. The monoisotopic (exact) mass is 339 g/mol. The topological polar surface area (TPSA) is 55.4 Å². The highest BCUT2D eigenvalue weighted by molar-refractivity contribution is 5.86. The molecule has 1 N–H and O–H groups in total. The van der Waals surface area contributed by atoms with Crippen LogP contribution in [0.2, 0.25) is 0 Å². The predicted octanol–water partition coefficient (Wildman–Crippen LogP) is 2.99. The summed E-state index contributed by atoms with van der Waals surface area (Å²) in [6.45, 7) is 0. The molecule has 24 heavy (non-hydrogen) atoms. The first-order valence-electron chi connectivity index (χ1n) is 7.22. The van der Waals surface area contributed by atoms with E-state index in [0.717, 1.165) is 23.4 Å². The maximum absolute atomic E-state index is 12.5. The lowest BCUT2D eigenvalue weighted by molar-refractivity contribution is -0.174. The van der Waals surface area contributed by atoms with E-state index < -0.39 is 24.1 Å². The van der Waals surface area contributed by atoms with Crippen LogP contribution >= 0.6 is 0 Å². The lowest BCUT2D eigenvalue weighted by atomic mass is 9.97. The van der Waals surface area contributed by atoms with Crippen LogP contribution in [0.1, 0.15) is 12.0 Å². The third-order valence-corrected chi connectivity index (χ3v) is 3.58. The highest BCUT2D eigenvalue weighted by atomic mass is 19.4. The number of amides is 1. The molecule has 0 saturated carbocycles. The fraction of sp³-hybridized carbons (Fsp3) is 0.294. The Labute approximate surface area is 136 Å². The summed E-state index contributed by atoms with van der Waals surface area (Å²) >= 11 is 0. The van der Waals surface area contributed by atoms with E-state index in [2.05, 4.69) is 4.74 Å². The van der Waals surface area contributed by atoms with Crippen molar-refractivity contribution < 1.29 is 27.5 Å². The summed E-state index contributed by atoms with van der Waals surface area (Å²) in [5.74, 6) is -2.76. The quantitative estimate of drug-likeness (QED) is 0.852. The van der Waals surface area contributed by atoms with Gasteiger partial charge in [-0.2, -0.15) is 13.2 Å². The summed E-state index contributed by atoms with van der Waals surface area (Å²) in [5, 5.41) is 3.65. The number of rotatable bonds is 5. The molecule has 2 aromatic rings. The zero-order chi connectivity index (χ0) is 17.7. The number of hydrogen-bond donors (Lipinski definition) is 1. The van der Waals surface area contributed by atoms with Gasteiger partial charge in [0, 0.05) is 6.04 Å². The van der Waals surface area contributed by atoms with Gasteiger partial charge in [0.05, 0.1) is 13.5 Å². The molecule has 2 rings (SSSR count). The number of methoxy groups -OCH3 is 1. The summed E-state index contributed by atoms with van der Waals surface area (Å²) in [6, 6.07) is 11.8. The number of esters is 1. The molecule has 1 atom stereocenters. The molecule has 2 aromatic carbocycles. The van der Waals surface area contributed by atoms with Crippen molar-refractivity contribution >= 4 is 22.6 Å². The van der Waals surface area contributed by atoms with Crippen molar-refractivity contribution in [3.05, 3.63) is 48.0 Å². The Hall–Kier alpha value is -2.57. The van der Waals surface area contributed by atoms with Gasteiger partial charge < -0.3 is 10.1 Å². The van der Waals surface area contributed by atoms with Crippen molar-refractivity contribution in [3.63, 3.8) is 0 Å². The summed E-state index contributed by atoms with van der Waals surface area (Å²) in [6.07, 6.45) is -5.27. The normalized spacial score (nSPS) is 12.7. The van der Waals surface area contributed by atoms with E-state index in [1.165, 1.54) is 0 Å². The largest absolute Gasteiger partial charge is 0.471 e. The Balaban J connectivity index is 2.26. The van der Waals surface area contributed by atoms with E-state index in [1.54, 1.807) is 12.1 Å². The second-order valence-electron chi connectivity index (χ2n) is 5.29. The first-order chi connectivity index (χ1) is 11.3. The van der Waals surface area contributed by atoms with Crippen LogP contribution in [0, 0.1) is 0 Å². The van der Waals surface area contributed by atoms with Crippen LogP contribution in [-0.4, -0.2) is 31.2 Å². The summed E-state index contributed by atoms with van der Waals surface area (Å²) in [5.41, 5.74) is 0.740. The molecule has 0 spiro atoms. The molecule has 0 fully saturated rings. The molecule has 0 saturated heterocycles. The molecule has 0 aromatic heterocycles.